The molecule has 2 atom stereocenters. The molecule has 32 heavy (non-hydrogen) atoms. The number of aromatic nitrogens is 1. The summed E-state index contributed by atoms with van der Waals surface area (Å²) in [4.78, 5) is 17.7. The maximum absolute atomic E-state index is 12.8. The monoisotopic (exact) mass is 451 g/mol. The van der Waals surface area contributed by atoms with Gasteiger partial charge >= 0.3 is 0 Å². The predicted octanol–water partition coefficient (Wildman–Crippen LogP) is 5.30. The number of methoxy groups -OCH3 is 1. The average Bonchev–Trinajstić information content (AvgIpc) is 2.79. The molecule has 0 spiro atoms. The van der Waals surface area contributed by atoms with Gasteiger partial charge in [0.25, 0.3) is 0 Å². The Morgan fingerprint density at radius 3 is 2.66 bits per heavy atom. The van der Waals surface area contributed by atoms with Gasteiger partial charge in [0, 0.05) is 12.2 Å². The Morgan fingerprint density at radius 1 is 1.34 bits per heavy atom. The number of fused-ring (bicyclic) bond motifs is 1. The number of pyridine rings is 1. The second-order valence-electron chi connectivity index (χ2n) is 9.45. The number of aryl methyl sites for hydroxylation is 1. The predicted molar refractivity (Wildman–Crippen MR) is 129 cm³/mol. The quantitative estimate of drug-likeness (QED) is 0.578. The van der Waals surface area contributed by atoms with Crippen LogP contribution in [-0.4, -0.2) is 23.3 Å². The van der Waals surface area contributed by atoms with Gasteiger partial charge in [0.2, 0.25) is 5.91 Å². The van der Waals surface area contributed by atoms with Gasteiger partial charge in [-0.2, -0.15) is 5.26 Å². The molecule has 1 aliphatic carbocycles. The van der Waals surface area contributed by atoms with E-state index in [0.717, 1.165) is 36.3 Å². The minimum Gasteiger partial charge on any atom is -0.497 e. The molecule has 0 radical (unpaired) electrons. The summed E-state index contributed by atoms with van der Waals surface area (Å²) in [5.74, 6) is 1.34. The molecule has 1 aliphatic rings. The normalized spacial score (nSPS) is 16.6. The summed E-state index contributed by atoms with van der Waals surface area (Å²) in [6.45, 7) is 9.28. The number of carbonyl (C=O) groups excluding carboxylic acids is 1. The van der Waals surface area contributed by atoms with Crippen molar-refractivity contribution in [2.45, 2.75) is 70.2 Å². The number of nitriles is 1. The van der Waals surface area contributed by atoms with Gasteiger partial charge < -0.3 is 10.1 Å². The first-order valence-corrected chi connectivity index (χ1v) is 12.1. The van der Waals surface area contributed by atoms with E-state index in [-0.39, 0.29) is 16.6 Å². The number of amides is 1. The molecule has 1 heterocycles. The molecule has 2 aromatic rings. The summed E-state index contributed by atoms with van der Waals surface area (Å²) in [6, 6.07) is 12.0. The number of hydrogen-bond donors (Lipinski definition) is 1. The van der Waals surface area contributed by atoms with Crippen LogP contribution in [0, 0.1) is 22.7 Å². The Hall–Kier alpha value is -2.52. The van der Waals surface area contributed by atoms with E-state index in [1.165, 1.54) is 17.3 Å². The highest BCUT2D eigenvalue weighted by molar-refractivity contribution is 8.00. The van der Waals surface area contributed by atoms with Crippen LogP contribution in [0.3, 0.4) is 0 Å². The fourth-order valence-electron chi connectivity index (χ4n) is 4.06. The van der Waals surface area contributed by atoms with E-state index in [0.29, 0.717) is 29.5 Å². The zero-order chi connectivity index (χ0) is 23.3. The van der Waals surface area contributed by atoms with Gasteiger partial charge in [-0.05, 0) is 66.3 Å². The standard InChI is InChI=1S/C26H33N3O2S/c1-6-23(24(30)28-16-17-7-10-21(31-5)11-8-17)32-25-19(15-27)13-18-14-20(26(2,3)4)9-12-22(18)29-25/h7-8,10-11,13,20,23H,6,9,12,14,16H2,1-5H3,(H,28,30). The van der Waals surface area contributed by atoms with E-state index in [1.807, 2.05) is 37.3 Å². The van der Waals surface area contributed by atoms with Crippen LogP contribution in [0.5, 0.6) is 5.75 Å². The highest BCUT2D eigenvalue weighted by Crippen LogP contribution is 2.38. The third kappa shape index (κ3) is 5.83. The van der Waals surface area contributed by atoms with E-state index in [4.69, 9.17) is 9.72 Å². The molecule has 0 aliphatic heterocycles. The average molecular weight is 452 g/mol. The fraction of sp³-hybridized carbons (Fsp3) is 0.500. The molecule has 1 N–H and O–H groups in total. The second kappa shape index (κ2) is 10.4. The van der Waals surface area contributed by atoms with E-state index in [2.05, 4.69) is 32.2 Å². The van der Waals surface area contributed by atoms with Crippen molar-refractivity contribution in [3.63, 3.8) is 0 Å². The molecule has 0 bridgehead atoms. The molecule has 0 fully saturated rings. The van der Waals surface area contributed by atoms with Gasteiger partial charge in [0.1, 0.15) is 16.8 Å². The molecule has 6 heteroatoms. The number of nitrogens with zero attached hydrogens (tertiary/aromatic N) is 2. The first-order chi connectivity index (χ1) is 15.2. The Morgan fingerprint density at radius 2 is 2.06 bits per heavy atom. The van der Waals surface area contributed by atoms with Crippen LogP contribution in [0.2, 0.25) is 0 Å². The Labute approximate surface area is 196 Å². The first kappa shape index (κ1) is 24.1. The molecular weight excluding hydrogens is 418 g/mol. The molecule has 1 aromatic heterocycles. The third-order valence-corrected chi connectivity index (χ3v) is 7.61. The van der Waals surface area contributed by atoms with Crippen molar-refractivity contribution in [3.05, 3.63) is 52.7 Å². The SMILES string of the molecule is CCC(Sc1nc2c(cc1C#N)CC(C(C)(C)C)CC2)C(=O)NCc1ccc(OC)cc1. The van der Waals surface area contributed by atoms with Crippen LogP contribution in [0.1, 0.15) is 62.9 Å². The number of benzene rings is 1. The Kier molecular flexibility index (Phi) is 7.84. The summed E-state index contributed by atoms with van der Waals surface area (Å²) in [6.07, 6.45) is 3.66. The van der Waals surface area contributed by atoms with Crippen molar-refractivity contribution in [3.8, 4) is 11.8 Å². The van der Waals surface area contributed by atoms with Crippen molar-refractivity contribution < 1.29 is 9.53 Å². The summed E-state index contributed by atoms with van der Waals surface area (Å²) < 4.78 is 5.18. The minimum atomic E-state index is -0.295. The van der Waals surface area contributed by atoms with Crippen molar-refractivity contribution in [2.24, 2.45) is 11.3 Å². The van der Waals surface area contributed by atoms with Crippen LogP contribution in [0.15, 0.2) is 35.4 Å². The number of nitrogens with one attached hydrogen (secondary N) is 1. The lowest BCUT2D eigenvalue weighted by Crippen LogP contribution is -2.32. The van der Waals surface area contributed by atoms with Crippen molar-refractivity contribution in [1.29, 1.82) is 5.26 Å². The number of thioether (sulfide) groups is 1. The molecule has 2 unspecified atom stereocenters. The van der Waals surface area contributed by atoms with Gasteiger partial charge in [0.15, 0.2) is 0 Å². The van der Waals surface area contributed by atoms with Crippen LogP contribution in [0.4, 0.5) is 0 Å². The minimum absolute atomic E-state index is 0.0375. The van der Waals surface area contributed by atoms with E-state index >= 15 is 0 Å². The maximum Gasteiger partial charge on any atom is 0.233 e. The van der Waals surface area contributed by atoms with Gasteiger partial charge in [-0.15, -0.1) is 0 Å². The summed E-state index contributed by atoms with van der Waals surface area (Å²) in [5.41, 5.74) is 4.10. The van der Waals surface area contributed by atoms with Gasteiger partial charge in [-0.25, -0.2) is 4.98 Å². The molecule has 1 aromatic carbocycles. The lowest BCUT2D eigenvalue weighted by atomic mass is 9.71. The third-order valence-electron chi connectivity index (χ3n) is 6.24. The highest BCUT2D eigenvalue weighted by atomic mass is 32.2. The van der Waals surface area contributed by atoms with Crippen molar-refractivity contribution in [2.75, 3.05) is 7.11 Å². The van der Waals surface area contributed by atoms with E-state index in [9.17, 15) is 10.1 Å². The summed E-state index contributed by atoms with van der Waals surface area (Å²) >= 11 is 1.40. The number of rotatable bonds is 7. The number of carbonyl (C=O) groups is 1. The maximum atomic E-state index is 12.8. The lowest BCUT2D eigenvalue weighted by Gasteiger charge is -2.34. The van der Waals surface area contributed by atoms with Gasteiger partial charge in [-0.1, -0.05) is 51.6 Å². The molecule has 3 rings (SSSR count). The Bertz CT molecular complexity index is 990. The molecule has 170 valence electrons. The molecule has 0 saturated heterocycles. The fourth-order valence-corrected chi connectivity index (χ4v) is 5.08. The smallest absolute Gasteiger partial charge is 0.233 e. The van der Waals surface area contributed by atoms with Crippen LogP contribution in [-0.2, 0) is 24.2 Å². The largest absolute Gasteiger partial charge is 0.497 e. The summed E-state index contributed by atoms with van der Waals surface area (Å²) in [7, 11) is 1.63. The Balaban J connectivity index is 1.70. The zero-order valence-corrected chi connectivity index (χ0v) is 20.5. The van der Waals surface area contributed by atoms with Gasteiger partial charge in [0.05, 0.1) is 17.9 Å². The van der Waals surface area contributed by atoms with Crippen molar-refractivity contribution >= 4 is 17.7 Å². The van der Waals surface area contributed by atoms with E-state index in [1.54, 1.807) is 7.11 Å². The van der Waals surface area contributed by atoms with E-state index < -0.39 is 0 Å². The highest BCUT2D eigenvalue weighted by Gasteiger charge is 2.30. The van der Waals surface area contributed by atoms with Crippen LogP contribution >= 0.6 is 11.8 Å². The first-order valence-electron chi connectivity index (χ1n) is 11.2. The summed E-state index contributed by atoms with van der Waals surface area (Å²) in [5, 5.41) is 13.1. The topological polar surface area (TPSA) is 75.0 Å². The molecule has 1 amide bonds. The lowest BCUT2D eigenvalue weighted by molar-refractivity contribution is -0.120. The molecule has 0 saturated carbocycles. The number of ether oxygens (including phenoxy) is 1. The van der Waals surface area contributed by atoms with Crippen LogP contribution in [0.25, 0.3) is 0 Å². The second-order valence-corrected chi connectivity index (χ2v) is 10.6. The zero-order valence-electron chi connectivity index (χ0n) is 19.7. The van der Waals surface area contributed by atoms with Crippen LogP contribution < -0.4 is 10.1 Å². The molecular formula is C26H33N3O2S. The van der Waals surface area contributed by atoms with Gasteiger partial charge in [-0.3, -0.25) is 4.79 Å². The van der Waals surface area contributed by atoms with Crippen molar-refractivity contribution in [1.82, 2.24) is 10.3 Å². The molecule has 5 nitrogen and oxygen atoms in total. The number of hydrogen-bond acceptors (Lipinski definition) is 5.